The third-order valence-electron chi connectivity index (χ3n) is 8.52. The minimum absolute atomic E-state index is 0.400. The Morgan fingerprint density at radius 3 is 2.43 bits per heavy atom. The van der Waals surface area contributed by atoms with Gasteiger partial charge in [0.05, 0.1) is 17.3 Å². The highest BCUT2D eigenvalue weighted by Crippen LogP contribution is 2.52. The molecule has 0 saturated heterocycles. The summed E-state index contributed by atoms with van der Waals surface area (Å²) in [5.74, 6) is 0.419. The molecule has 2 aliphatic rings. The Labute approximate surface area is 247 Å². The molecule has 198 valence electrons. The molecule has 4 heteroatoms. The van der Waals surface area contributed by atoms with Crippen LogP contribution in [0.5, 0.6) is 0 Å². The van der Waals surface area contributed by atoms with Crippen molar-refractivity contribution in [3.05, 3.63) is 145 Å². The van der Waals surface area contributed by atoms with Gasteiger partial charge in [0.15, 0.2) is 0 Å². The molecule has 1 aliphatic heterocycles. The second kappa shape index (κ2) is 9.30. The largest absolute Gasteiger partial charge is 0.436 e. The van der Waals surface area contributed by atoms with Gasteiger partial charge >= 0.3 is 0 Å². The van der Waals surface area contributed by atoms with Gasteiger partial charge in [-0.2, -0.15) is 0 Å². The van der Waals surface area contributed by atoms with Crippen LogP contribution in [0.4, 0.5) is 0 Å². The van der Waals surface area contributed by atoms with E-state index in [4.69, 9.17) is 14.4 Å². The van der Waals surface area contributed by atoms with Crippen molar-refractivity contribution >= 4 is 50.3 Å². The molecule has 0 spiro atoms. The summed E-state index contributed by atoms with van der Waals surface area (Å²) in [6, 6.07) is 38.7. The Morgan fingerprint density at radius 2 is 1.50 bits per heavy atom. The highest BCUT2D eigenvalue weighted by Gasteiger charge is 2.35. The third-order valence-corrected chi connectivity index (χ3v) is 9.95. The van der Waals surface area contributed by atoms with E-state index >= 15 is 0 Å². The van der Waals surface area contributed by atoms with Crippen LogP contribution in [0.25, 0.3) is 60.9 Å². The van der Waals surface area contributed by atoms with Crippen LogP contribution in [0, 0.1) is 0 Å². The van der Waals surface area contributed by atoms with E-state index in [2.05, 4.69) is 115 Å². The minimum atomic E-state index is 0.400. The summed E-state index contributed by atoms with van der Waals surface area (Å²) in [5.41, 5.74) is 10.4. The molecule has 0 bridgehead atoms. The van der Waals surface area contributed by atoms with Crippen molar-refractivity contribution in [3.63, 3.8) is 0 Å². The smallest absolute Gasteiger partial charge is 0.246 e. The van der Waals surface area contributed by atoms with E-state index in [-0.39, 0.29) is 0 Å². The van der Waals surface area contributed by atoms with Gasteiger partial charge in [0.25, 0.3) is 0 Å². The molecule has 0 amide bonds. The van der Waals surface area contributed by atoms with Crippen LogP contribution >= 0.6 is 11.8 Å². The zero-order valence-electron chi connectivity index (χ0n) is 22.6. The number of furan rings is 1. The number of fused-ring (bicyclic) bond motifs is 8. The van der Waals surface area contributed by atoms with Gasteiger partial charge in [0, 0.05) is 21.6 Å². The number of allylic oxidation sites excluding steroid dienone is 3. The summed E-state index contributed by atoms with van der Waals surface area (Å²) in [6.45, 7) is 0. The molecular weight excluding hydrogens is 532 g/mol. The molecule has 5 aromatic carbocycles. The average molecular weight is 557 g/mol. The van der Waals surface area contributed by atoms with Crippen molar-refractivity contribution in [1.29, 1.82) is 0 Å². The molecule has 3 nitrogen and oxygen atoms in total. The fraction of sp³-hybridized carbons (Fsp3) is 0.0526. The fourth-order valence-corrected chi connectivity index (χ4v) is 8.00. The SMILES string of the molecule is C1=CC2c3ccccc3SC2C(c2cccc(-c3cccc(-c4cnc5c(n4)oc4ccc6ccccc6c45)c3)c2)=C1. The van der Waals surface area contributed by atoms with Crippen LogP contribution < -0.4 is 0 Å². The van der Waals surface area contributed by atoms with Gasteiger partial charge in [-0.1, -0.05) is 103 Å². The van der Waals surface area contributed by atoms with Crippen molar-refractivity contribution in [2.75, 3.05) is 0 Å². The maximum Gasteiger partial charge on any atom is 0.246 e. The summed E-state index contributed by atoms with van der Waals surface area (Å²) < 4.78 is 6.19. The molecule has 0 N–H and O–H groups in total. The summed E-state index contributed by atoms with van der Waals surface area (Å²) in [5, 5.41) is 3.72. The molecule has 0 radical (unpaired) electrons. The van der Waals surface area contributed by atoms with E-state index < -0.39 is 0 Å². The Balaban J connectivity index is 1.08. The molecule has 0 saturated carbocycles. The van der Waals surface area contributed by atoms with Crippen LogP contribution in [-0.4, -0.2) is 15.2 Å². The number of nitrogens with zero attached hydrogens (tertiary/aromatic N) is 2. The van der Waals surface area contributed by atoms with Crippen LogP contribution in [0.2, 0.25) is 0 Å². The summed E-state index contributed by atoms with van der Waals surface area (Å²) >= 11 is 1.98. The van der Waals surface area contributed by atoms with Crippen molar-refractivity contribution in [3.8, 4) is 22.4 Å². The van der Waals surface area contributed by atoms with E-state index in [0.29, 0.717) is 16.9 Å². The first-order valence-electron chi connectivity index (χ1n) is 14.2. The monoisotopic (exact) mass is 556 g/mol. The summed E-state index contributed by atoms with van der Waals surface area (Å²) in [7, 11) is 0. The van der Waals surface area contributed by atoms with Gasteiger partial charge in [-0.05, 0) is 62.9 Å². The Bertz CT molecular complexity index is 2260. The van der Waals surface area contributed by atoms with Crippen LogP contribution in [-0.2, 0) is 0 Å². The third kappa shape index (κ3) is 3.69. The predicted octanol–water partition coefficient (Wildman–Crippen LogP) is 10.1. The Morgan fingerprint density at radius 1 is 0.714 bits per heavy atom. The van der Waals surface area contributed by atoms with Crippen molar-refractivity contribution in [2.45, 2.75) is 16.1 Å². The van der Waals surface area contributed by atoms with Gasteiger partial charge < -0.3 is 4.42 Å². The average Bonchev–Trinajstić information content (AvgIpc) is 3.63. The first-order valence-corrected chi connectivity index (χ1v) is 15.1. The molecule has 7 aromatic rings. The summed E-state index contributed by atoms with van der Waals surface area (Å²) in [6.07, 6.45) is 8.73. The lowest BCUT2D eigenvalue weighted by Crippen LogP contribution is -2.13. The predicted molar refractivity (Wildman–Crippen MR) is 174 cm³/mol. The highest BCUT2D eigenvalue weighted by molar-refractivity contribution is 8.00. The Kier molecular flexibility index (Phi) is 5.26. The molecule has 0 fully saturated rings. The molecular formula is C38H24N2OS. The second-order valence-corrected chi connectivity index (χ2v) is 12.1. The fourth-order valence-electron chi connectivity index (χ4n) is 6.51. The molecule has 2 aromatic heterocycles. The number of rotatable bonds is 3. The lowest BCUT2D eigenvalue weighted by Gasteiger charge is -2.23. The first kappa shape index (κ1) is 23.7. The number of hydrogen-bond acceptors (Lipinski definition) is 4. The highest BCUT2D eigenvalue weighted by atomic mass is 32.2. The van der Waals surface area contributed by atoms with E-state index in [9.17, 15) is 0 Å². The number of aromatic nitrogens is 2. The standard InChI is InChI=1S/C38H24N2OS/c1-2-13-28-23(8-1)18-19-33-35(28)36-38(41-33)40-32(22-39-36)27-12-6-10-25(21-27)24-9-5-11-26(20-24)29-15-7-16-31-30-14-3-4-17-34(30)42-37(29)31/h1-22,31,37H. The quantitative estimate of drug-likeness (QED) is 0.217. The molecule has 1 aliphatic carbocycles. The molecule has 42 heavy (non-hydrogen) atoms. The molecule has 9 rings (SSSR count). The Hall–Kier alpha value is -4.93. The van der Waals surface area contributed by atoms with E-state index in [0.717, 1.165) is 38.7 Å². The zero-order valence-corrected chi connectivity index (χ0v) is 23.4. The summed E-state index contributed by atoms with van der Waals surface area (Å²) in [4.78, 5) is 11.2. The molecule has 2 atom stereocenters. The van der Waals surface area contributed by atoms with Crippen molar-refractivity contribution in [2.24, 2.45) is 0 Å². The topological polar surface area (TPSA) is 38.9 Å². The van der Waals surface area contributed by atoms with Gasteiger partial charge in [-0.3, -0.25) is 0 Å². The molecule has 2 unspecified atom stereocenters. The number of thioether (sulfide) groups is 1. The van der Waals surface area contributed by atoms with Gasteiger partial charge in [-0.15, -0.1) is 11.8 Å². The lowest BCUT2D eigenvalue weighted by atomic mass is 9.85. The lowest BCUT2D eigenvalue weighted by molar-refractivity contribution is 0.654. The number of benzene rings is 5. The van der Waals surface area contributed by atoms with Crippen LogP contribution in [0.3, 0.4) is 0 Å². The normalized spacial score (nSPS) is 17.5. The van der Waals surface area contributed by atoms with E-state index in [1.165, 1.54) is 32.5 Å². The second-order valence-electron chi connectivity index (χ2n) is 10.9. The van der Waals surface area contributed by atoms with Gasteiger partial charge in [-0.25, -0.2) is 9.97 Å². The van der Waals surface area contributed by atoms with Crippen LogP contribution in [0.15, 0.2) is 143 Å². The van der Waals surface area contributed by atoms with Crippen molar-refractivity contribution in [1.82, 2.24) is 9.97 Å². The van der Waals surface area contributed by atoms with E-state index in [1.54, 1.807) is 0 Å². The maximum atomic E-state index is 6.19. The minimum Gasteiger partial charge on any atom is -0.436 e. The van der Waals surface area contributed by atoms with Crippen molar-refractivity contribution < 1.29 is 4.42 Å². The zero-order chi connectivity index (χ0) is 27.6. The van der Waals surface area contributed by atoms with E-state index in [1.807, 2.05) is 30.1 Å². The first-order chi connectivity index (χ1) is 20.8. The van der Waals surface area contributed by atoms with Gasteiger partial charge in [0.1, 0.15) is 11.1 Å². The maximum absolute atomic E-state index is 6.19. The molecule has 3 heterocycles. The van der Waals surface area contributed by atoms with Gasteiger partial charge in [0.2, 0.25) is 5.71 Å². The van der Waals surface area contributed by atoms with Crippen LogP contribution in [0.1, 0.15) is 17.0 Å². The number of hydrogen-bond donors (Lipinski definition) is 0.